The van der Waals surface area contributed by atoms with Crippen molar-refractivity contribution in [2.24, 2.45) is 0 Å². The lowest BCUT2D eigenvalue weighted by molar-refractivity contribution is -0.114. The van der Waals surface area contributed by atoms with Crippen molar-refractivity contribution in [3.8, 4) is 0 Å². The zero-order valence-electron chi connectivity index (χ0n) is 14.8. The standard InChI is InChI=1S/C20H21NO4/c1-12-8-14(3)18(9-13(12)2)19(23)11-25-20(24)16-6-5-7-17(10-16)21-15(4)22/h5-10H,11H2,1-4H3,(H,21,22). The number of amides is 1. The predicted octanol–water partition coefficient (Wildman–Crippen LogP) is 3.61. The zero-order chi connectivity index (χ0) is 18.6. The monoisotopic (exact) mass is 339 g/mol. The minimum atomic E-state index is -0.609. The Morgan fingerprint density at radius 1 is 0.960 bits per heavy atom. The molecule has 2 aromatic carbocycles. The highest BCUT2D eigenvalue weighted by molar-refractivity contribution is 6.01. The molecule has 0 aliphatic heterocycles. The van der Waals surface area contributed by atoms with Gasteiger partial charge in [-0.3, -0.25) is 9.59 Å². The van der Waals surface area contributed by atoms with Crippen molar-refractivity contribution in [2.45, 2.75) is 27.7 Å². The molecule has 0 unspecified atom stereocenters. The van der Waals surface area contributed by atoms with Gasteiger partial charge in [-0.15, -0.1) is 0 Å². The molecule has 0 saturated heterocycles. The van der Waals surface area contributed by atoms with Gasteiger partial charge in [-0.1, -0.05) is 12.1 Å². The van der Waals surface area contributed by atoms with E-state index in [1.165, 1.54) is 13.0 Å². The molecule has 0 aromatic heterocycles. The molecule has 0 saturated carbocycles. The fourth-order valence-corrected chi connectivity index (χ4v) is 2.48. The average molecular weight is 339 g/mol. The quantitative estimate of drug-likeness (QED) is 0.667. The Kier molecular flexibility index (Phi) is 5.70. The summed E-state index contributed by atoms with van der Waals surface area (Å²) in [6.45, 7) is 6.84. The number of nitrogens with one attached hydrogen (secondary N) is 1. The molecule has 5 nitrogen and oxygen atoms in total. The summed E-state index contributed by atoms with van der Waals surface area (Å²) in [6, 6.07) is 10.1. The summed E-state index contributed by atoms with van der Waals surface area (Å²) < 4.78 is 5.13. The SMILES string of the molecule is CC(=O)Nc1cccc(C(=O)OCC(=O)c2cc(C)c(C)cc2C)c1. The van der Waals surface area contributed by atoms with Crippen LogP contribution in [0, 0.1) is 20.8 Å². The van der Waals surface area contributed by atoms with Gasteiger partial charge in [0.25, 0.3) is 0 Å². The van der Waals surface area contributed by atoms with Crippen LogP contribution in [0.5, 0.6) is 0 Å². The molecular formula is C20H21NO4. The number of ether oxygens (including phenoxy) is 1. The highest BCUT2D eigenvalue weighted by atomic mass is 16.5. The third-order valence-electron chi connectivity index (χ3n) is 3.89. The van der Waals surface area contributed by atoms with E-state index in [0.29, 0.717) is 11.3 Å². The molecule has 0 aliphatic rings. The molecule has 1 amide bonds. The van der Waals surface area contributed by atoms with Gasteiger partial charge in [0.1, 0.15) is 0 Å². The number of esters is 1. The van der Waals surface area contributed by atoms with Gasteiger partial charge in [-0.2, -0.15) is 0 Å². The summed E-state index contributed by atoms with van der Waals surface area (Å²) in [5.41, 5.74) is 4.32. The number of hydrogen-bond donors (Lipinski definition) is 1. The molecule has 0 spiro atoms. The van der Waals surface area contributed by atoms with Crippen LogP contribution in [-0.4, -0.2) is 24.3 Å². The third-order valence-corrected chi connectivity index (χ3v) is 3.89. The number of benzene rings is 2. The third kappa shape index (κ3) is 4.76. The van der Waals surface area contributed by atoms with Crippen molar-refractivity contribution < 1.29 is 19.1 Å². The molecule has 0 heterocycles. The molecule has 5 heteroatoms. The van der Waals surface area contributed by atoms with Crippen LogP contribution in [-0.2, 0) is 9.53 Å². The van der Waals surface area contributed by atoms with E-state index < -0.39 is 5.97 Å². The first-order valence-corrected chi connectivity index (χ1v) is 7.93. The van der Waals surface area contributed by atoms with E-state index in [0.717, 1.165) is 16.7 Å². The Bertz CT molecular complexity index is 840. The molecule has 130 valence electrons. The molecule has 1 N–H and O–H groups in total. The Morgan fingerprint density at radius 2 is 1.64 bits per heavy atom. The summed E-state index contributed by atoms with van der Waals surface area (Å²) in [5, 5.41) is 2.60. The Hall–Kier alpha value is -2.95. The number of carbonyl (C=O) groups excluding carboxylic acids is 3. The smallest absolute Gasteiger partial charge is 0.338 e. The second-order valence-corrected chi connectivity index (χ2v) is 6.01. The first kappa shape index (κ1) is 18.4. The highest BCUT2D eigenvalue weighted by Crippen LogP contribution is 2.17. The van der Waals surface area contributed by atoms with E-state index in [2.05, 4.69) is 5.32 Å². The van der Waals surface area contributed by atoms with Gasteiger partial charge < -0.3 is 10.1 Å². The second-order valence-electron chi connectivity index (χ2n) is 6.01. The van der Waals surface area contributed by atoms with E-state index >= 15 is 0 Å². The highest BCUT2D eigenvalue weighted by Gasteiger charge is 2.15. The Labute approximate surface area is 147 Å². The molecule has 0 atom stereocenters. The van der Waals surface area contributed by atoms with Crippen molar-refractivity contribution in [3.63, 3.8) is 0 Å². The van der Waals surface area contributed by atoms with Gasteiger partial charge in [0.05, 0.1) is 5.56 Å². The van der Waals surface area contributed by atoms with Crippen molar-refractivity contribution in [2.75, 3.05) is 11.9 Å². The molecule has 0 bridgehead atoms. The molecule has 2 rings (SSSR count). The Balaban J connectivity index is 2.06. The molecular weight excluding hydrogens is 318 g/mol. The predicted molar refractivity (Wildman–Crippen MR) is 96.0 cm³/mol. The minimum absolute atomic E-state index is 0.231. The van der Waals surface area contributed by atoms with E-state index in [-0.39, 0.29) is 23.9 Å². The number of rotatable bonds is 5. The molecule has 0 fully saturated rings. The summed E-state index contributed by atoms with van der Waals surface area (Å²) in [4.78, 5) is 35.6. The van der Waals surface area contributed by atoms with E-state index in [1.807, 2.05) is 32.9 Å². The summed E-state index contributed by atoms with van der Waals surface area (Å²) >= 11 is 0. The van der Waals surface area contributed by atoms with Crippen LogP contribution in [0.2, 0.25) is 0 Å². The maximum Gasteiger partial charge on any atom is 0.338 e. The van der Waals surface area contributed by atoms with Gasteiger partial charge in [0.15, 0.2) is 6.61 Å². The summed E-state index contributed by atoms with van der Waals surface area (Å²) in [5.74, 6) is -1.08. The zero-order valence-corrected chi connectivity index (χ0v) is 14.8. The molecule has 2 aromatic rings. The lowest BCUT2D eigenvalue weighted by atomic mass is 9.98. The van der Waals surface area contributed by atoms with Gasteiger partial charge in [0, 0.05) is 18.2 Å². The normalized spacial score (nSPS) is 10.2. The molecule has 0 aliphatic carbocycles. The number of Topliss-reactive ketones (excluding diaryl/α,β-unsaturated/α-hetero) is 1. The van der Waals surface area contributed by atoms with Crippen LogP contribution < -0.4 is 5.32 Å². The van der Waals surface area contributed by atoms with Crippen molar-refractivity contribution in [1.29, 1.82) is 0 Å². The van der Waals surface area contributed by atoms with Crippen molar-refractivity contribution in [1.82, 2.24) is 0 Å². The topological polar surface area (TPSA) is 72.5 Å². The Morgan fingerprint density at radius 3 is 2.32 bits per heavy atom. The van der Waals surface area contributed by atoms with E-state index in [9.17, 15) is 14.4 Å². The molecule has 25 heavy (non-hydrogen) atoms. The first-order chi connectivity index (χ1) is 11.8. The fourth-order valence-electron chi connectivity index (χ4n) is 2.48. The van der Waals surface area contributed by atoms with E-state index in [1.54, 1.807) is 18.2 Å². The van der Waals surface area contributed by atoms with Crippen LogP contribution in [0.3, 0.4) is 0 Å². The van der Waals surface area contributed by atoms with E-state index in [4.69, 9.17) is 4.74 Å². The van der Waals surface area contributed by atoms with Crippen LogP contribution in [0.25, 0.3) is 0 Å². The van der Waals surface area contributed by atoms with Gasteiger partial charge in [-0.25, -0.2) is 4.79 Å². The van der Waals surface area contributed by atoms with Crippen molar-refractivity contribution in [3.05, 3.63) is 64.2 Å². The van der Waals surface area contributed by atoms with Crippen LogP contribution in [0.15, 0.2) is 36.4 Å². The second kappa shape index (κ2) is 7.75. The molecule has 0 radical (unpaired) electrons. The number of anilines is 1. The van der Waals surface area contributed by atoms with Gasteiger partial charge in [0.2, 0.25) is 11.7 Å². The van der Waals surface area contributed by atoms with Crippen LogP contribution in [0.4, 0.5) is 5.69 Å². The summed E-state index contributed by atoms with van der Waals surface area (Å²) in [6.07, 6.45) is 0. The number of ketones is 1. The lowest BCUT2D eigenvalue weighted by Gasteiger charge is -2.10. The minimum Gasteiger partial charge on any atom is -0.454 e. The maximum atomic E-state index is 12.3. The first-order valence-electron chi connectivity index (χ1n) is 7.93. The number of aryl methyl sites for hydroxylation is 3. The number of hydrogen-bond acceptors (Lipinski definition) is 4. The van der Waals surface area contributed by atoms with Gasteiger partial charge >= 0.3 is 5.97 Å². The van der Waals surface area contributed by atoms with Crippen LogP contribution in [0.1, 0.15) is 44.3 Å². The number of carbonyl (C=O) groups is 3. The fraction of sp³-hybridized carbons (Fsp3) is 0.250. The summed E-state index contributed by atoms with van der Waals surface area (Å²) in [7, 11) is 0. The average Bonchev–Trinajstić information content (AvgIpc) is 2.55. The lowest BCUT2D eigenvalue weighted by Crippen LogP contribution is -2.16. The maximum absolute atomic E-state index is 12.3. The van der Waals surface area contributed by atoms with Crippen LogP contribution >= 0.6 is 0 Å². The van der Waals surface area contributed by atoms with Gasteiger partial charge in [-0.05, 0) is 61.7 Å². The van der Waals surface area contributed by atoms with Crippen molar-refractivity contribution >= 4 is 23.3 Å². The largest absolute Gasteiger partial charge is 0.454 e.